The van der Waals surface area contributed by atoms with Crippen LogP contribution in [0.1, 0.15) is 16.1 Å². The Bertz CT molecular complexity index is 689. The molecule has 3 aromatic rings. The highest BCUT2D eigenvalue weighted by Crippen LogP contribution is 2.24. The summed E-state index contributed by atoms with van der Waals surface area (Å²) in [4.78, 5) is 4.68. The summed E-state index contributed by atoms with van der Waals surface area (Å²) in [5.74, 6) is 0. The molecule has 100 valence electrons. The molecule has 0 saturated heterocycles. The maximum Gasteiger partial charge on any atom is 0.108 e. The fraction of sp³-hybridized carbons (Fsp3) is 0.235. The highest BCUT2D eigenvalue weighted by atomic mass is 32.1. The molecule has 1 aliphatic carbocycles. The lowest BCUT2D eigenvalue weighted by Gasteiger charge is -2.09. The van der Waals surface area contributed by atoms with Crippen molar-refractivity contribution in [2.75, 3.05) is 0 Å². The van der Waals surface area contributed by atoms with Crippen LogP contribution in [0.2, 0.25) is 0 Å². The van der Waals surface area contributed by atoms with Crippen molar-refractivity contribution in [3.63, 3.8) is 0 Å². The molecule has 0 bridgehead atoms. The van der Waals surface area contributed by atoms with E-state index in [9.17, 15) is 0 Å². The SMILES string of the molecule is c1ccc2c(c1)CC(NCc1nc3ccccc3s1)C2. The Hall–Kier alpha value is -1.71. The van der Waals surface area contributed by atoms with E-state index in [1.807, 2.05) is 6.07 Å². The molecule has 20 heavy (non-hydrogen) atoms. The second kappa shape index (κ2) is 5.00. The van der Waals surface area contributed by atoms with E-state index in [4.69, 9.17) is 0 Å². The fourth-order valence-corrected chi connectivity index (χ4v) is 3.85. The zero-order valence-corrected chi connectivity index (χ0v) is 12.0. The van der Waals surface area contributed by atoms with Crippen LogP contribution >= 0.6 is 11.3 Å². The van der Waals surface area contributed by atoms with Crippen LogP contribution in [0.15, 0.2) is 48.5 Å². The quantitative estimate of drug-likeness (QED) is 0.793. The molecule has 0 saturated carbocycles. The molecule has 4 rings (SSSR count). The van der Waals surface area contributed by atoms with Crippen molar-refractivity contribution in [2.45, 2.75) is 25.4 Å². The van der Waals surface area contributed by atoms with Crippen molar-refractivity contribution in [1.82, 2.24) is 10.3 Å². The molecule has 0 spiro atoms. The first kappa shape index (κ1) is 12.1. The van der Waals surface area contributed by atoms with E-state index >= 15 is 0 Å². The Morgan fingerprint density at radius 3 is 2.45 bits per heavy atom. The third-order valence-corrected chi connectivity index (χ3v) is 4.97. The number of hydrogen-bond acceptors (Lipinski definition) is 3. The predicted octanol–water partition coefficient (Wildman–Crippen LogP) is 3.55. The van der Waals surface area contributed by atoms with Gasteiger partial charge in [0.25, 0.3) is 0 Å². The van der Waals surface area contributed by atoms with Crippen LogP contribution in [0.3, 0.4) is 0 Å². The number of thiazole rings is 1. The lowest BCUT2D eigenvalue weighted by molar-refractivity contribution is 0.532. The number of nitrogens with zero attached hydrogens (tertiary/aromatic N) is 1. The first-order valence-electron chi connectivity index (χ1n) is 7.03. The highest BCUT2D eigenvalue weighted by molar-refractivity contribution is 7.18. The largest absolute Gasteiger partial charge is 0.307 e. The van der Waals surface area contributed by atoms with Gasteiger partial charge in [-0.2, -0.15) is 0 Å². The summed E-state index contributed by atoms with van der Waals surface area (Å²) in [7, 11) is 0. The summed E-state index contributed by atoms with van der Waals surface area (Å²) >= 11 is 1.79. The summed E-state index contributed by atoms with van der Waals surface area (Å²) in [6.45, 7) is 0.873. The molecule has 1 aromatic heterocycles. The Balaban J connectivity index is 1.44. The highest BCUT2D eigenvalue weighted by Gasteiger charge is 2.20. The number of benzene rings is 2. The van der Waals surface area contributed by atoms with Gasteiger partial charge in [-0.05, 0) is 36.1 Å². The summed E-state index contributed by atoms with van der Waals surface area (Å²) in [5, 5.41) is 4.84. The Morgan fingerprint density at radius 1 is 1.00 bits per heavy atom. The van der Waals surface area contributed by atoms with Crippen LogP contribution < -0.4 is 5.32 Å². The summed E-state index contributed by atoms with van der Waals surface area (Å²) in [5.41, 5.74) is 4.10. The number of hydrogen-bond donors (Lipinski definition) is 1. The molecule has 0 atom stereocenters. The van der Waals surface area contributed by atoms with Gasteiger partial charge in [-0.25, -0.2) is 4.98 Å². The van der Waals surface area contributed by atoms with Gasteiger partial charge in [0, 0.05) is 12.6 Å². The topological polar surface area (TPSA) is 24.9 Å². The minimum atomic E-state index is 0.555. The van der Waals surface area contributed by atoms with Gasteiger partial charge in [-0.15, -0.1) is 11.3 Å². The smallest absolute Gasteiger partial charge is 0.108 e. The van der Waals surface area contributed by atoms with Crippen LogP contribution in [0.5, 0.6) is 0 Å². The van der Waals surface area contributed by atoms with Crippen molar-refractivity contribution in [2.24, 2.45) is 0 Å². The number of fused-ring (bicyclic) bond motifs is 2. The van der Waals surface area contributed by atoms with Crippen molar-refractivity contribution >= 4 is 21.6 Å². The number of para-hydroxylation sites is 1. The number of nitrogens with one attached hydrogen (secondary N) is 1. The molecule has 1 aliphatic rings. The second-order valence-electron chi connectivity index (χ2n) is 5.33. The van der Waals surface area contributed by atoms with E-state index in [0.717, 1.165) is 24.9 Å². The van der Waals surface area contributed by atoms with E-state index in [-0.39, 0.29) is 0 Å². The molecular weight excluding hydrogens is 264 g/mol. The first-order valence-corrected chi connectivity index (χ1v) is 7.85. The molecule has 0 aliphatic heterocycles. The second-order valence-corrected chi connectivity index (χ2v) is 6.45. The van der Waals surface area contributed by atoms with Crippen molar-refractivity contribution in [3.05, 3.63) is 64.7 Å². The van der Waals surface area contributed by atoms with Gasteiger partial charge in [0.1, 0.15) is 5.01 Å². The van der Waals surface area contributed by atoms with Gasteiger partial charge >= 0.3 is 0 Å². The van der Waals surface area contributed by atoms with Gasteiger partial charge in [0.2, 0.25) is 0 Å². The van der Waals surface area contributed by atoms with Gasteiger partial charge in [-0.3, -0.25) is 0 Å². The number of aromatic nitrogens is 1. The maximum atomic E-state index is 4.68. The van der Waals surface area contributed by atoms with Crippen LogP contribution in [0, 0.1) is 0 Å². The Labute approximate surface area is 122 Å². The summed E-state index contributed by atoms with van der Waals surface area (Å²) in [6.07, 6.45) is 2.28. The van der Waals surface area contributed by atoms with Crippen LogP contribution in [-0.2, 0) is 19.4 Å². The molecular formula is C17H16N2S. The zero-order valence-electron chi connectivity index (χ0n) is 11.2. The lowest BCUT2D eigenvalue weighted by atomic mass is 10.1. The van der Waals surface area contributed by atoms with E-state index < -0.39 is 0 Å². The van der Waals surface area contributed by atoms with Crippen molar-refractivity contribution in [3.8, 4) is 0 Å². The molecule has 2 aromatic carbocycles. The molecule has 0 unspecified atom stereocenters. The molecule has 1 N–H and O–H groups in total. The van der Waals surface area contributed by atoms with E-state index in [2.05, 4.69) is 52.8 Å². The standard InChI is InChI=1S/C17H16N2S/c1-2-6-13-10-14(9-12(13)5-1)18-11-17-19-15-7-3-4-8-16(15)20-17/h1-8,14,18H,9-11H2. The van der Waals surface area contributed by atoms with E-state index in [0.29, 0.717) is 6.04 Å². The molecule has 1 heterocycles. The Kier molecular flexibility index (Phi) is 3.02. The fourth-order valence-electron chi connectivity index (χ4n) is 2.93. The van der Waals surface area contributed by atoms with Crippen molar-refractivity contribution < 1.29 is 0 Å². The van der Waals surface area contributed by atoms with Gasteiger partial charge in [0.15, 0.2) is 0 Å². The van der Waals surface area contributed by atoms with Crippen LogP contribution in [-0.4, -0.2) is 11.0 Å². The lowest BCUT2D eigenvalue weighted by Crippen LogP contribution is -2.28. The van der Waals surface area contributed by atoms with Gasteiger partial charge in [0.05, 0.1) is 10.2 Å². The zero-order chi connectivity index (χ0) is 13.4. The monoisotopic (exact) mass is 280 g/mol. The van der Waals surface area contributed by atoms with Crippen molar-refractivity contribution in [1.29, 1.82) is 0 Å². The van der Waals surface area contributed by atoms with Crippen LogP contribution in [0.25, 0.3) is 10.2 Å². The number of rotatable bonds is 3. The average molecular weight is 280 g/mol. The normalized spacial score (nSPS) is 14.8. The minimum Gasteiger partial charge on any atom is -0.307 e. The van der Waals surface area contributed by atoms with E-state index in [1.54, 1.807) is 11.3 Å². The summed E-state index contributed by atoms with van der Waals surface area (Å²) in [6, 6.07) is 17.7. The molecule has 0 radical (unpaired) electrons. The molecule has 2 nitrogen and oxygen atoms in total. The maximum absolute atomic E-state index is 4.68. The average Bonchev–Trinajstić information content (AvgIpc) is 3.07. The third kappa shape index (κ3) is 2.23. The molecule has 0 fully saturated rings. The minimum absolute atomic E-state index is 0.555. The Morgan fingerprint density at radius 2 is 1.70 bits per heavy atom. The third-order valence-electron chi connectivity index (χ3n) is 3.93. The van der Waals surface area contributed by atoms with Gasteiger partial charge in [-0.1, -0.05) is 36.4 Å². The van der Waals surface area contributed by atoms with E-state index in [1.165, 1.54) is 20.8 Å². The first-order chi connectivity index (χ1) is 9.88. The van der Waals surface area contributed by atoms with Crippen LogP contribution in [0.4, 0.5) is 0 Å². The predicted molar refractivity (Wildman–Crippen MR) is 84.1 cm³/mol. The summed E-state index contributed by atoms with van der Waals surface area (Å²) < 4.78 is 1.28. The van der Waals surface area contributed by atoms with Gasteiger partial charge < -0.3 is 5.32 Å². The molecule has 3 heteroatoms. The molecule has 0 amide bonds.